The molecule has 0 radical (unpaired) electrons. The monoisotopic (exact) mass is 288 g/mol. The molecular formula is C16H16O5. The van der Waals surface area contributed by atoms with Gasteiger partial charge in [-0.3, -0.25) is 4.79 Å². The van der Waals surface area contributed by atoms with Crippen LogP contribution in [0.5, 0.6) is 0 Å². The molecule has 2 aliphatic carbocycles. The van der Waals surface area contributed by atoms with Gasteiger partial charge in [0.05, 0.1) is 6.10 Å². The average molecular weight is 288 g/mol. The number of carbonyl (C=O) groups excluding carboxylic acids is 2. The standard InChI is InChI=1S/C16H16O5/c1-15-4-3-11(17)16(2)13(15)10(21-14(16)19)5-8-7-20-12(18)6-9(8)15/h3-6,10-11,13,17H,7H2,1-2H3/t10-,11+,13?,15-,16+/m1/s1. The van der Waals surface area contributed by atoms with E-state index in [-0.39, 0.29) is 24.5 Å². The summed E-state index contributed by atoms with van der Waals surface area (Å²) in [5.41, 5.74) is 0.247. The Hall–Kier alpha value is -1.88. The summed E-state index contributed by atoms with van der Waals surface area (Å²) in [5.74, 6) is -0.976. The van der Waals surface area contributed by atoms with Crippen molar-refractivity contribution in [3.05, 3.63) is 35.5 Å². The van der Waals surface area contributed by atoms with Crippen LogP contribution in [0.3, 0.4) is 0 Å². The molecule has 0 aromatic carbocycles. The summed E-state index contributed by atoms with van der Waals surface area (Å²) in [6.07, 6.45) is 5.63. The van der Waals surface area contributed by atoms with Crippen LogP contribution in [0.25, 0.3) is 0 Å². The number of esters is 2. The number of allylic oxidation sites excluding steroid dienone is 1. The average Bonchev–Trinajstić information content (AvgIpc) is 2.70. The molecule has 1 N–H and O–H groups in total. The molecule has 5 heteroatoms. The molecular weight excluding hydrogens is 272 g/mol. The second-order valence-electron chi connectivity index (χ2n) is 6.57. The van der Waals surface area contributed by atoms with Crippen molar-refractivity contribution in [2.45, 2.75) is 26.1 Å². The minimum atomic E-state index is -0.988. The van der Waals surface area contributed by atoms with Crippen LogP contribution in [-0.2, 0) is 19.1 Å². The molecule has 0 saturated carbocycles. The molecule has 2 heterocycles. The summed E-state index contributed by atoms with van der Waals surface area (Å²) in [4.78, 5) is 24.0. The lowest BCUT2D eigenvalue weighted by Gasteiger charge is -2.50. The first-order valence-corrected chi connectivity index (χ1v) is 7.06. The highest BCUT2D eigenvalue weighted by molar-refractivity contribution is 5.88. The quantitative estimate of drug-likeness (QED) is 0.529. The van der Waals surface area contributed by atoms with Gasteiger partial charge in [-0.15, -0.1) is 0 Å². The predicted octanol–water partition coefficient (Wildman–Crippen LogP) is 0.894. The first-order valence-electron chi connectivity index (χ1n) is 7.06. The zero-order chi connectivity index (χ0) is 15.0. The summed E-state index contributed by atoms with van der Waals surface area (Å²) < 4.78 is 10.6. The van der Waals surface area contributed by atoms with E-state index in [4.69, 9.17) is 9.47 Å². The lowest BCUT2D eigenvalue weighted by atomic mass is 9.52. The second-order valence-corrected chi connectivity index (χ2v) is 6.57. The SMILES string of the molecule is C[C@@]12C=C[C@H](O)[C@]3(C)C(=O)O[C@H](C=C4COC(=O)C=C41)C23. The third-order valence-electron chi connectivity index (χ3n) is 5.47. The highest BCUT2D eigenvalue weighted by Crippen LogP contribution is 2.61. The maximum Gasteiger partial charge on any atom is 0.331 e. The molecule has 21 heavy (non-hydrogen) atoms. The Balaban J connectivity index is 1.98. The second kappa shape index (κ2) is 3.65. The fourth-order valence-electron chi connectivity index (χ4n) is 4.35. The van der Waals surface area contributed by atoms with Crippen LogP contribution in [-0.4, -0.2) is 35.9 Å². The van der Waals surface area contributed by atoms with Gasteiger partial charge in [0.15, 0.2) is 0 Å². The number of hydrogen-bond acceptors (Lipinski definition) is 5. The molecule has 0 amide bonds. The highest BCUT2D eigenvalue weighted by atomic mass is 16.6. The Labute approximate surface area is 121 Å². The van der Waals surface area contributed by atoms with Crippen molar-refractivity contribution in [3.63, 3.8) is 0 Å². The zero-order valence-electron chi connectivity index (χ0n) is 11.8. The van der Waals surface area contributed by atoms with E-state index in [1.54, 1.807) is 13.0 Å². The van der Waals surface area contributed by atoms with E-state index in [9.17, 15) is 14.7 Å². The lowest BCUT2D eigenvalue weighted by molar-refractivity contribution is -0.151. The van der Waals surface area contributed by atoms with Crippen LogP contribution in [0.1, 0.15) is 13.8 Å². The molecule has 2 aliphatic heterocycles. The van der Waals surface area contributed by atoms with Crippen molar-refractivity contribution >= 4 is 11.9 Å². The van der Waals surface area contributed by atoms with Gasteiger partial charge in [0.1, 0.15) is 18.1 Å². The third-order valence-corrected chi connectivity index (χ3v) is 5.47. The Morgan fingerprint density at radius 1 is 1.33 bits per heavy atom. The van der Waals surface area contributed by atoms with Crippen LogP contribution in [0, 0.1) is 16.7 Å². The molecule has 1 unspecified atom stereocenters. The Kier molecular flexibility index (Phi) is 2.23. The van der Waals surface area contributed by atoms with Gasteiger partial charge in [-0.25, -0.2) is 4.79 Å². The first-order chi connectivity index (χ1) is 9.87. The molecule has 1 saturated heterocycles. The molecule has 5 nitrogen and oxygen atoms in total. The van der Waals surface area contributed by atoms with Gasteiger partial charge >= 0.3 is 11.9 Å². The fraction of sp³-hybridized carbons (Fsp3) is 0.500. The van der Waals surface area contributed by atoms with E-state index >= 15 is 0 Å². The Morgan fingerprint density at radius 3 is 2.86 bits per heavy atom. The van der Waals surface area contributed by atoms with Crippen molar-refractivity contribution in [1.29, 1.82) is 0 Å². The number of fused-ring (bicyclic) bond motifs is 2. The number of carbonyl (C=O) groups is 2. The minimum Gasteiger partial charge on any atom is -0.458 e. The molecule has 0 bridgehead atoms. The van der Waals surface area contributed by atoms with Crippen molar-refractivity contribution in [1.82, 2.24) is 0 Å². The minimum absolute atomic E-state index is 0.203. The number of aliphatic hydroxyl groups is 1. The predicted molar refractivity (Wildman–Crippen MR) is 71.9 cm³/mol. The molecule has 4 aliphatic rings. The maximum atomic E-state index is 12.3. The zero-order valence-corrected chi connectivity index (χ0v) is 11.8. The topological polar surface area (TPSA) is 72.8 Å². The summed E-state index contributed by atoms with van der Waals surface area (Å²) in [5, 5.41) is 10.3. The van der Waals surface area contributed by atoms with E-state index < -0.39 is 23.0 Å². The molecule has 5 atom stereocenters. The largest absolute Gasteiger partial charge is 0.458 e. The van der Waals surface area contributed by atoms with Gasteiger partial charge < -0.3 is 14.6 Å². The van der Waals surface area contributed by atoms with Gasteiger partial charge in [0.25, 0.3) is 0 Å². The van der Waals surface area contributed by atoms with Crippen LogP contribution < -0.4 is 0 Å². The smallest absolute Gasteiger partial charge is 0.331 e. The summed E-state index contributed by atoms with van der Waals surface area (Å²) in [6.45, 7) is 3.94. The molecule has 110 valence electrons. The van der Waals surface area contributed by atoms with Crippen LogP contribution >= 0.6 is 0 Å². The van der Waals surface area contributed by atoms with Gasteiger partial charge in [-0.1, -0.05) is 19.1 Å². The first kappa shape index (κ1) is 12.8. The van der Waals surface area contributed by atoms with Crippen LogP contribution in [0.4, 0.5) is 0 Å². The van der Waals surface area contributed by atoms with Gasteiger partial charge in [-0.05, 0) is 24.1 Å². The molecule has 0 aromatic rings. The van der Waals surface area contributed by atoms with Crippen LogP contribution in [0.15, 0.2) is 35.5 Å². The summed E-state index contributed by atoms with van der Waals surface area (Å²) >= 11 is 0. The molecule has 0 aromatic heterocycles. The maximum absolute atomic E-state index is 12.3. The van der Waals surface area contributed by atoms with E-state index in [1.165, 1.54) is 6.08 Å². The normalized spacial score (nSPS) is 46.9. The number of ether oxygens (including phenoxy) is 2. The van der Waals surface area contributed by atoms with E-state index in [2.05, 4.69) is 0 Å². The fourth-order valence-corrected chi connectivity index (χ4v) is 4.35. The van der Waals surface area contributed by atoms with Crippen LogP contribution in [0.2, 0.25) is 0 Å². The lowest BCUT2D eigenvalue weighted by Crippen LogP contribution is -2.53. The van der Waals surface area contributed by atoms with Crippen molar-refractivity contribution < 1.29 is 24.2 Å². The van der Waals surface area contributed by atoms with E-state index in [0.29, 0.717) is 0 Å². The molecule has 4 rings (SSSR count). The highest BCUT2D eigenvalue weighted by Gasteiger charge is 2.66. The summed E-state index contributed by atoms with van der Waals surface area (Å²) in [6, 6.07) is 0. The van der Waals surface area contributed by atoms with Gasteiger partial charge in [0, 0.05) is 17.4 Å². The van der Waals surface area contributed by atoms with Gasteiger partial charge in [0.2, 0.25) is 0 Å². The van der Waals surface area contributed by atoms with E-state index in [1.807, 2.05) is 19.1 Å². The third kappa shape index (κ3) is 1.35. The molecule has 0 spiro atoms. The summed E-state index contributed by atoms with van der Waals surface area (Å²) in [7, 11) is 0. The number of rotatable bonds is 0. The van der Waals surface area contributed by atoms with Crippen molar-refractivity contribution in [2.24, 2.45) is 16.7 Å². The van der Waals surface area contributed by atoms with Gasteiger partial charge in [-0.2, -0.15) is 0 Å². The van der Waals surface area contributed by atoms with Crippen molar-refractivity contribution in [3.8, 4) is 0 Å². The Bertz CT molecular complexity index is 658. The Morgan fingerprint density at radius 2 is 2.10 bits per heavy atom. The number of hydrogen-bond donors (Lipinski definition) is 1. The number of aliphatic hydroxyl groups excluding tert-OH is 1. The van der Waals surface area contributed by atoms with Crippen molar-refractivity contribution in [2.75, 3.05) is 6.61 Å². The van der Waals surface area contributed by atoms with E-state index in [0.717, 1.165) is 11.1 Å². The number of cyclic esters (lactones) is 1. The molecule has 1 fully saturated rings.